The Morgan fingerprint density at radius 1 is 0.960 bits per heavy atom. The number of halogens is 2. The van der Waals surface area contributed by atoms with Gasteiger partial charge in [0.05, 0.1) is 11.8 Å². The molecular formula is C19H18F2N2O2. The van der Waals surface area contributed by atoms with Crippen molar-refractivity contribution in [2.75, 3.05) is 11.9 Å². The van der Waals surface area contributed by atoms with Crippen molar-refractivity contribution in [3.63, 3.8) is 0 Å². The van der Waals surface area contributed by atoms with Gasteiger partial charge in [0.15, 0.2) is 0 Å². The molecule has 2 N–H and O–H groups in total. The fraction of sp³-hybridized carbons (Fsp3) is 0.263. The molecule has 2 atom stereocenters. The summed E-state index contributed by atoms with van der Waals surface area (Å²) < 4.78 is 25.9. The number of amides is 2. The molecule has 2 aromatic carbocycles. The van der Waals surface area contributed by atoms with Crippen LogP contribution in [0.5, 0.6) is 0 Å². The van der Waals surface area contributed by atoms with E-state index < -0.39 is 5.82 Å². The molecule has 130 valence electrons. The van der Waals surface area contributed by atoms with Gasteiger partial charge in [0.1, 0.15) is 11.6 Å². The molecule has 0 spiro atoms. The van der Waals surface area contributed by atoms with Crippen LogP contribution in [-0.4, -0.2) is 18.4 Å². The molecule has 1 aliphatic rings. The van der Waals surface area contributed by atoms with Crippen LogP contribution in [0.3, 0.4) is 0 Å². The van der Waals surface area contributed by atoms with Crippen LogP contribution in [0, 0.1) is 23.5 Å². The van der Waals surface area contributed by atoms with Gasteiger partial charge in [0, 0.05) is 12.2 Å². The highest BCUT2D eigenvalue weighted by Gasteiger charge is 2.47. The molecule has 0 radical (unpaired) electrons. The van der Waals surface area contributed by atoms with E-state index in [2.05, 4.69) is 10.6 Å². The Bertz CT molecular complexity index is 777. The lowest BCUT2D eigenvalue weighted by molar-refractivity contribution is -0.125. The summed E-state index contributed by atoms with van der Waals surface area (Å²) in [4.78, 5) is 24.1. The zero-order chi connectivity index (χ0) is 17.8. The molecule has 0 bridgehead atoms. The Hall–Kier alpha value is -2.76. The van der Waals surface area contributed by atoms with Crippen LogP contribution in [-0.2, 0) is 16.0 Å². The molecule has 25 heavy (non-hydrogen) atoms. The zero-order valence-corrected chi connectivity index (χ0v) is 13.5. The van der Waals surface area contributed by atoms with Gasteiger partial charge in [-0.3, -0.25) is 9.59 Å². The predicted octanol–water partition coefficient (Wildman–Crippen LogP) is 2.90. The van der Waals surface area contributed by atoms with Gasteiger partial charge in [0.2, 0.25) is 11.8 Å². The lowest BCUT2D eigenvalue weighted by atomic mass is 10.1. The topological polar surface area (TPSA) is 58.2 Å². The maximum absolute atomic E-state index is 13.1. The van der Waals surface area contributed by atoms with Crippen LogP contribution in [0.15, 0.2) is 48.5 Å². The van der Waals surface area contributed by atoms with E-state index in [-0.39, 0.29) is 29.5 Å². The van der Waals surface area contributed by atoms with E-state index in [0.29, 0.717) is 25.1 Å². The third kappa shape index (κ3) is 4.62. The van der Waals surface area contributed by atoms with Gasteiger partial charge in [-0.25, -0.2) is 8.78 Å². The molecule has 2 aromatic rings. The van der Waals surface area contributed by atoms with E-state index in [4.69, 9.17) is 0 Å². The predicted molar refractivity (Wildman–Crippen MR) is 89.7 cm³/mol. The Labute approximate surface area is 144 Å². The summed E-state index contributed by atoms with van der Waals surface area (Å²) in [7, 11) is 0. The van der Waals surface area contributed by atoms with E-state index in [1.54, 1.807) is 18.2 Å². The second kappa shape index (κ2) is 7.42. The Morgan fingerprint density at radius 2 is 1.68 bits per heavy atom. The molecule has 6 heteroatoms. The first-order valence-electron chi connectivity index (χ1n) is 8.11. The van der Waals surface area contributed by atoms with Crippen LogP contribution in [0.25, 0.3) is 0 Å². The van der Waals surface area contributed by atoms with Gasteiger partial charge in [-0.15, -0.1) is 0 Å². The van der Waals surface area contributed by atoms with Crippen LogP contribution in [0.4, 0.5) is 14.5 Å². The van der Waals surface area contributed by atoms with Crippen molar-refractivity contribution in [1.29, 1.82) is 0 Å². The minimum atomic E-state index is -0.427. The van der Waals surface area contributed by atoms with Crippen molar-refractivity contribution < 1.29 is 18.4 Å². The Morgan fingerprint density at radius 3 is 2.40 bits per heavy atom. The summed E-state index contributed by atoms with van der Waals surface area (Å²) in [6, 6.07) is 11.7. The largest absolute Gasteiger partial charge is 0.356 e. The molecule has 0 aromatic heterocycles. The zero-order valence-electron chi connectivity index (χ0n) is 13.5. The highest BCUT2D eigenvalue weighted by atomic mass is 19.1. The van der Waals surface area contributed by atoms with E-state index in [1.807, 2.05) is 0 Å². The lowest BCUT2D eigenvalue weighted by Gasteiger charge is -2.06. The van der Waals surface area contributed by atoms with Gasteiger partial charge in [-0.1, -0.05) is 18.2 Å². The SMILES string of the molecule is O=C(NCCc1ccc(F)cc1)C1CC1C(=O)Nc1cccc(F)c1. The fourth-order valence-electron chi connectivity index (χ4n) is 2.69. The minimum Gasteiger partial charge on any atom is -0.356 e. The first kappa shape index (κ1) is 17.1. The van der Waals surface area contributed by atoms with Crippen molar-refractivity contribution in [2.24, 2.45) is 11.8 Å². The van der Waals surface area contributed by atoms with Crippen molar-refractivity contribution in [3.8, 4) is 0 Å². The van der Waals surface area contributed by atoms with Crippen molar-refractivity contribution >= 4 is 17.5 Å². The van der Waals surface area contributed by atoms with Crippen LogP contribution < -0.4 is 10.6 Å². The van der Waals surface area contributed by atoms with Gasteiger partial charge < -0.3 is 10.6 Å². The maximum atomic E-state index is 13.1. The van der Waals surface area contributed by atoms with Gasteiger partial charge >= 0.3 is 0 Å². The molecule has 4 nitrogen and oxygen atoms in total. The minimum absolute atomic E-state index is 0.165. The number of nitrogens with one attached hydrogen (secondary N) is 2. The summed E-state index contributed by atoms with van der Waals surface area (Å²) in [6.07, 6.45) is 1.09. The van der Waals surface area contributed by atoms with E-state index in [1.165, 1.54) is 30.3 Å². The van der Waals surface area contributed by atoms with Crippen molar-refractivity contribution in [2.45, 2.75) is 12.8 Å². The van der Waals surface area contributed by atoms with E-state index in [0.717, 1.165) is 5.56 Å². The molecule has 0 saturated heterocycles. The van der Waals surface area contributed by atoms with Crippen molar-refractivity contribution in [1.82, 2.24) is 5.32 Å². The molecule has 2 unspecified atom stereocenters. The van der Waals surface area contributed by atoms with Gasteiger partial charge in [-0.2, -0.15) is 0 Å². The molecule has 0 heterocycles. The number of anilines is 1. The first-order valence-corrected chi connectivity index (χ1v) is 8.11. The monoisotopic (exact) mass is 344 g/mol. The number of rotatable bonds is 6. The molecule has 1 saturated carbocycles. The number of hydrogen-bond donors (Lipinski definition) is 2. The maximum Gasteiger partial charge on any atom is 0.228 e. The average molecular weight is 344 g/mol. The lowest BCUT2D eigenvalue weighted by Crippen LogP contribution is -2.29. The summed E-state index contributed by atoms with van der Waals surface area (Å²) in [5, 5.41) is 5.42. The second-order valence-electron chi connectivity index (χ2n) is 6.12. The summed E-state index contributed by atoms with van der Waals surface area (Å²) in [5.41, 5.74) is 1.31. The quantitative estimate of drug-likeness (QED) is 0.847. The summed E-state index contributed by atoms with van der Waals surface area (Å²) in [6.45, 7) is 0.430. The van der Waals surface area contributed by atoms with Crippen LogP contribution >= 0.6 is 0 Å². The number of benzene rings is 2. The molecule has 1 fully saturated rings. The van der Waals surface area contributed by atoms with E-state index >= 15 is 0 Å². The smallest absolute Gasteiger partial charge is 0.228 e. The molecule has 3 rings (SSSR count). The summed E-state index contributed by atoms with van der Waals surface area (Å²) >= 11 is 0. The molecule has 2 amide bonds. The molecular weight excluding hydrogens is 326 g/mol. The van der Waals surface area contributed by atoms with E-state index in [9.17, 15) is 18.4 Å². The normalized spacial score (nSPS) is 18.5. The number of carbonyl (C=O) groups is 2. The number of hydrogen-bond acceptors (Lipinski definition) is 2. The highest BCUT2D eigenvalue weighted by Crippen LogP contribution is 2.39. The second-order valence-corrected chi connectivity index (χ2v) is 6.12. The summed E-state index contributed by atoms with van der Waals surface area (Å²) in [5.74, 6) is -1.89. The highest BCUT2D eigenvalue weighted by molar-refractivity contribution is 5.99. The fourth-order valence-corrected chi connectivity index (χ4v) is 2.69. The standard InChI is InChI=1S/C19H18F2N2O2/c20-13-6-4-12(5-7-13)8-9-22-18(24)16-11-17(16)19(25)23-15-3-1-2-14(21)10-15/h1-7,10,16-17H,8-9,11H2,(H,22,24)(H,23,25). The molecule has 0 aliphatic heterocycles. The van der Waals surface area contributed by atoms with Crippen LogP contribution in [0.2, 0.25) is 0 Å². The first-order chi connectivity index (χ1) is 12.0. The van der Waals surface area contributed by atoms with Gasteiger partial charge in [0.25, 0.3) is 0 Å². The Balaban J connectivity index is 1.42. The van der Waals surface area contributed by atoms with Crippen molar-refractivity contribution in [3.05, 3.63) is 65.7 Å². The third-order valence-corrected chi connectivity index (χ3v) is 4.18. The average Bonchev–Trinajstić information content (AvgIpc) is 3.37. The van der Waals surface area contributed by atoms with Crippen LogP contribution in [0.1, 0.15) is 12.0 Å². The molecule has 1 aliphatic carbocycles. The Kier molecular flexibility index (Phi) is 5.07. The third-order valence-electron chi connectivity index (χ3n) is 4.18. The van der Waals surface area contributed by atoms with Gasteiger partial charge in [-0.05, 0) is 48.7 Å². The number of carbonyl (C=O) groups excluding carboxylic acids is 2.